The Hall–Kier alpha value is -5.04. The second-order valence-electron chi connectivity index (χ2n) is 11.5. The highest BCUT2D eigenvalue weighted by Crippen LogP contribution is 2.43. The first-order chi connectivity index (χ1) is 22.5. The highest BCUT2D eigenvalue weighted by atomic mass is 16.5. The molecule has 0 bridgehead atoms. The van der Waals surface area contributed by atoms with E-state index in [1.54, 1.807) is 29.3 Å². The number of anilines is 1. The summed E-state index contributed by atoms with van der Waals surface area (Å²) >= 11 is 0. The molecule has 0 saturated carbocycles. The van der Waals surface area contributed by atoms with Gasteiger partial charge in [0, 0.05) is 56.9 Å². The van der Waals surface area contributed by atoms with Crippen LogP contribution in [0.4, 0.5) is 10.5 Å². The molecule has 3 aliphatic rings. The lowest BCUT2D eigenvalue weighted by Crippen LogP contribution is -2.49. The van der Waals surface area contributed by atoms with E-state index < -0.39 is 6.03 Å². The molecular formula is C34H35N7O5. The second kappa shape index (κ2) is 13.1. The Morgan fingerprint density at radius 2 is 1.63 bits per heavy atom. The molecule has 0 atom stereocenters. The molecule has 236 valence electrons. The Balaban J connectivity index is 0.956. The fourth-order valence-electron chi connectivity index (χ4n) is 6.11. The van der Waals surface area contributed by atoms with Crippen molar-refractivity contribution < 1.29 is 23.9 Å². The van der Waals surface area contributed by atoms with Crippen LogP contribution < -0.4 is 15.5 Å². The SMILES string of the molecule is O=C(Nc1cccc2c1C(=O)c1c(-c3ccc(OCC(=O)N4CCN(Cc5ccccc5)CC4)cc3)n[nH]c1-2)NN1CCOCC1. The zero-order valence-corrected chi connectivity index (χ0v) is 25.3. The minimum Gasteiger partial charge on any atom is -0.484 e. The van der Waals surface area contributed by atoms with Crippen molar-refractivity contribution in [1.29, 1.82) is 0 Å². The molecule has 7 rings (SSSR count). The largest absolute Gasteiger partial charge is 0.484 e. The number of carbonyl (C=O) groups excluding carboxylic acids is 3. The van der Waals surface area contributed by atoms with Gasteiger partial charge in [-0.05, 0) is 35.9 Å². The van der Waals surface area contributed by atoms with Gasteiger partial charge in [-0.1, -0.05) is 42.5 Å². The summed E-state index contributed by atoms with van der Waals surface area (Å²) in [7, 11) is 0. The first kappa shape index (κ1) is 29.7. The molecule has 12 heteroatoms. The number of fused-ring (bicyclic) bond motifs is 3. The van der Waals surface area contributed by atoms with Crippen molar-refractivity contribution in [2.45, 2.75) is 6.54 Å². The van der Waals surface area contributed by atoms with Crippen LogP contribution in [0, 0.1) is 0 Å². The van der Waals surface area contributed by atoms with E-state index in [0.29, 0.717) is 78.9 Å². The van der Waals surface area contributed by atoms with Crippen LogP contribution in [-0.4, -0.2) is 102 Å². The smallest absolute Gasteiger partial charge is 0.333 e. The number of ketones is 1. The van der Waals surface area contributed by atoms with Crippen molar-refractivity contribution in [3.8, 4) is 28.3 Å². The Labute approximate surface area is 266 Å². The number of H-pyrrole nitrogens is 1. The molecule has 3 heterocycles. The fraction of sp³-hybridized carbons (Fsp3) is 0.294. The molecule has 2 aliphatic heterocycles. The number of aromatic amines is 1. The van der Waals surface area contributed by atoms with Crippen molar-refractivity contribution in [2.75, 3.05) is 64.4 Å². The number of morpholine rings is 1. The summed E-state index contributed by atoms with van der Waals surface area (Å²) in [6.07, 6.45) is 0. The normalized spacial score (nSPS) is 16.5. The highest BCUT2D eigenvalue weighted by molar-refractivity contribution is 6.26. The van der Waals surface area contributed by atoms with Gasteiger partial charge in [0.1, 0.15) is 11.4 Å². The zero-order chi connectivity index (χ0) is 31.5. The van der Waals surface area contributed by atoms with Crippen LogP contribution in [0.2, 0.25) is 0 Å². The summed E-state index contributed by atoms with van der Waals surface area (Å²) < 4.78 is 11.2. The Bertz CT molecular complexity index is 1730. The molecule has 2 fully saturated rings. The topological polar surface area (TPSA) is 132 Å². The number of rotatable bonds is 8. The monoisotopic (exact) mass is 621 g/mol. The molecule has 12 nitrogen and oxygen atoms in total. The first-order valence-electron chi connectivity index (χ1n) is 15.5. The van der Waals surface area contributed by atoms with Crippen molar-refractivity contribution in [1.82, 2.24) is 30.4 Å². The summed E-state index contributed by atoms with van der Waals surface area (Å²) in [5, 5.41) is 12.1. The van der Waals surface area contributed by atoms with Crippen LogP contribution in [0.3, 0.4) is 0 Å². The highest BCUT2D eigenvalue weighted by Gasteiger charge is 2.35. The number of ether oxygens (including phenoxy) is 2. The third-order valence-electron chi connectivity index (χ3n) is 8.54. The van der Waals surface area contributed by atoms with Crippen molar-refractivity contribution >= 4 is 23.4 Å². The molecule has 0 radical (unpaired) electrons. The number of nitrogens with one attached hydrogen (secondary N) is 3. The number of amides is 3. The van der Waals surface area contributed by atoms with E-state index in [0.717, 1.165) is 25.2 Å². The minimum absolute atomic E-state index is 0.0417. The molecule has 0 spiro atoms. The number of hydrazine groups is 1. The van der Waals surface area contributed by atoms with Gasteiger partial charge < -0.3 is 19.7 Å². The molecule has 2 saturated heterocycles. The van der Waals surface area contributed by atoms with Crippen LogP contribution in [0.1, 0.15) is 21.5 Å². The zero-order valence-electron chi connectivity index (χ0n) is 25.3. The Morgan fingerprint density at radius 1 is 0.870 bits per heavy atom. The molecule has 1 aliphatic carbocycles. The maximum absolute atomic E-state index is 13.7. The van der Waals surface area contributed by atoms with Gasteiger partial charge in [-0.3, -0.25) is 25.0 Å². The van der Waals surface area contributed by atoms with Gasteiger partial charge in [0.15, 0.2) is 12.4 Å². The van der Waals surface area contributed by atoms with Crippen LogP contribution in [-0.2, 0) is 16.1 Å². The van der Waals surface area contributed by atoms with Crippen LogP contribution >= 0.6 is 0 Å². The molecule has 3 aromatic carbocycles. The lowest BCUT2D eigenvalue weighted by molar-refractivity contribution is -0.135. The predicted molar refractivity (Wildman–Crippen MR) is 171 cm³/mol. The van der Waals surface area contributed by atoms with Gasteiger partial charge in [0.25, 0.3) is 5.91 Å². The van der Waals surface area contributed by atoms with E-state index in [1.165, 1.54) is 5.56 Å². The maximum Gasteiger partial charge on any atom is 0.333 e. The standard InChI is InChI=1S/C34H35N7O5/c42-28(40-15-13-39(14-16-40)21-23-5-2-1-3-6-23)22-46-25-11-9-24(10-12-25)31-30-32(37-36-31)26-7-4-8-27(29(26)33(30)43)35-34(44)38-41-17-19-45-20-18-41/h1-12H,13-22H2,(H,36,37)(H2,35,38,44). The minimum atomic E-state index is -0.420. The van der Waals surface area contributed by atoms with Gasteiger partial charge in [0.05, 0.1) is 35.7 Å². The van der Waals surface area contributed by atoms with E-state index in [4.69, 9.17) is 9.47 Å². The number of aromatic nitrogens is 2. The quantitative estimate of drug-likeness (QED) is 0.240. The van der Waals surface area contributed by atoms with E-state index in [2.05, 4.69) is 38.0 Å². The van der Waals surface area contributed by atoms with Gasteiger partial charge in [-0.2, -0.15) is 5.10 Å². The lowest BCUT2D eigenvalue weighted by atomic mass is 10.0. The number of hydrogen-bond acceptors (Lipinski definition) is 8. The fourth-order valence-corrected chi connectivity index (χ4v) is 6.11. The van der Waals surface area contributed by atoms with Gasteiger partial charge in [-0.25, -0.2) is 9.80 Å². The third-order valence-corrected chi connectivity index (χ3v) is 8.54. The lowest BCUT2D eigenvalue weighted by Gasteiger charge is -2.34. The van der Waals surface area contributed by atoms with Crippen LogP contribution in [0.15, 0.2) is 72.8 Å². The summed E-state index contributed by atoms with van der Waals surface area (Å²) in [6.45, 7) is 6.10. The number of piperazine rings is 1. The number of benzene rings is 3. The Kier molecular flexibility index (Phi) is 8.47. The predicted octanol–water partition coefficient (Wildman–Crippen LogP) is 3.38. The van der Waals surface area contributed by atoms with E-state index in [1.807, 2.05) is 41.3 Å². The second-order valence-corrected chi connectivity index (χ2v) is 11.5. The average Bonchev–Trinajstić information content (AvgIpc) is 3.65. The van der Waals surface area contributed by atoms with Crippen LogP contribution in [0.25, 0.3) is 22.5 Å². The molecule has 3 N–H and O–H groups in total. The molecule has 0 unspecified atom stereocenters. The van der Waals surface area contributed by atoms with E-state index in [9.17, 15) is 14.4 Å². The van der Waals surface area contributed by atoms with Gasteiger partial charge >= 0.3 is 6.03 Å². The maximum atomic E-state index is 13.7. The summed E-state index contributed by atoms with van der Waals surface area (Å²) in [5.41, 5.74) is 7.91. The van der Waals surface area contributed by atoms with E-state index in [-0.39, 0.29) is 18.3 Å². The van der Waals surface area contributed by atoms with E-state index >= 15 is 0 Å². The summed E-state index contributed by atoms with van der Waals surface area (Å²) in [6, 6.07) is 22.5. The number of hydrogen-bond donors (Lipinski definition) is 3. The average molecular weight is 622 g/mol. The van der Waals surface area contributed by atoms with Gasteiger partial charge in [-0.15, -0.1) is 0 Å². The summed E-state index contributed by atoms with van der Waals surface area (Å²) in [4.78, 5) is 43.5. The van der Waals surface area contributed by atoms with Crippen molar-refractivity contribution in [2.24, 2.45) is 0 Å². The molecule has 3 amide bonds. The molecule has 1 aromatic heterocycles. The van der Waals surface area contributed by atoms with Gasteiger partial charge in [0.2, 0.25) is 0 Å². The Morgan fingerprint density at radius 3 is 2.39 bits per heavy atom. The number of urea groups is 1. The first-order valence-corrected chi connectivity index (χ1v) is 15.5. The summed E-state index contributed by atoms with van der Waals surface area (Å²) in [5.74, 6) is 0.296. The molecule has 46 heavy (non-hydrogen) atoms. The number of nitrogens with zero attached hydrogens (tertiary/aromatic N) is 4. The molecular weight excluding hydrogens is 586 g/mol. The van der Waals surface area contributed by atoms with Crippen molar-refractivity contribution in [3.63, 3.8) is 0 Å². The third kappa shape index (κ3) is 6.23. The molecule has 4 aromatic rings. The number of carbonyl (C=O) groups is 3. The van der Waals surface area contributed by atoms with Crippen LogP contribution in [0.5, 0.6) is 5.75 Å². The van der Waals surface area contributed by atoms with Crippen molar-refractivity contribution in [3.05, 3.63) is 89.5 Å².